The number of hydrogen-bond donors (Lipinski definition) is 2. The lowest BCUT2D eigenvalue weighted by atomic mass is 10.2. The number of nitrogens with zero attached hydrogens (tertiary/aromatic N) is 1. The fourth-order valence-electron chi connectivity index (χ4n) is 1.50. The summed E-state index contributed by atoms with van der Waals surface area (Å²) < 4.78 is 29.0. The molecule has 0 spiro atoms. The molecule has 0 aliphatic rings. The van der Waals surface area contributed by atoms with Crippen LogP contribution in [-0.2, 0) is 14.6 Å². The maximum atomic E-state index is 12.0. The highest BCUT2D eigenvalue weighted by molar-refractivity contribution is 7.91. The van der Waals surface area contributed by atoms with Gasteiger partial charge in [0, 0.05) is 13.1 Å². The van der Waals surface area contributed by atoms with Crippen molar-refractivity contribution in [2.45, 2.75) is 4.90 Å². The smallest absolute Gasteiger partial charge is 0.179 e. The molecule has 0 heterocycles. The van der Waals surface area contributed by atoms with E-state index in [1.807, 2.05) is 6.07 Å². The van der Waals surface area contributed by atoms with Gasteiger partial charge in [0.2, 0.25) is 0 Å². The van der Waals surface area contributed by atoms with Gasteiger partial charge in [0.05, 0.1) is 42.1 Å². The Morgan fingerprint density at radius 1 is 1.20 bits per heavy atom. The van der Waals surface area contributed by atoms with Gasteiger partial charge in [-0.05, 0) is 24.3 Å². The average Bonchev–Trinajstić information content (AvgIpc) is 2.46. The van der Waals surface area contributed by atoms with Crippen molar-refractivity contribution in [2.24, 2.45) is 0 Å². The number of aliphatic hydroxyl groups excluding tert-OH is 1. The van der Waals surface area contributed by atoms with E-state index in [-0.39, 0.29) is 23.9 Å². The molecule has 1 aromatic rings. The zero-order chi connectivity index (χ0) is 14.8. The number of nitrogens with one attached hydrogen (secondary N) is 1. The van der Waals surface area contributed by atoms with E-state index in [9.17, 15) is 8.42 Å². The van der Waals surface area contributed by atoms with Crippen LogP contribution in [0.1, 0.15) is 5.56 Å². The Bertz CT molecular complexity index is 534. The summed E-state index contributed by atoms with van der Waals surface area (Å²) in [5.74, 6) is -0.0150. The van der Waals surface area contributed by atoms with E-state index in [0.717, 1.165) is 0 Å². The highest BCUT2D eigenvalue weighted by atomic mass is 32.2. The maximum Gasteiger partial charge on any atom is 0.179 e. The van der Waals surface area contributed by atoms with Gasteiger partial charge in [-0.25, -0.2) is 8.42 Å². The van der Waals surface area contributed by atoms with Crippen LogP contribution in [0.25, 0.3) is 0 Å². The molecule has 1 rings (SSSR count). The number of sulfone groups is 1. The van der Waals surface area contributed by atoms with Crippen LogP contribution >= 0.6 is 0 Å². The number of benzene rings is 1. The van der Waals surface area contributed by atoms with E-state index in [4.69, 9.17) is 15.1 Å². The van der Waals surface area contributed by atoms with Gasteiger partial charge in [-0.3, -0.25) is 0 Å². The van der Waals surface area contributed by atoms with Gasteiger partial charge in [0.1, 0.15) is 0 Å². The summed E-state index contributed by atoms with van der Waals surface area (Å²) in [5, 5.41) is 20.1. The monoisotopic (exact) mass is 298 g/mol. The van der Waals surface area contributed by atoms with E-state index in [1.54, 1.807) is 0 Å². The third kappa shape index (κ3) is 5.67. The highest BCUT2D eigenvalue weighted by Crippen LogP contribution is 2.11. The Hall–Kier alpha value is -1.46. The molecule has 0 aliphatic heterocycles. The first-order valence-electron chi connectivity index (χ1n) is 6.22. The van der Waals surface area contributed by atoms with E-state index < -0.39 is 9.84 Å². The van der Waals surface area contributed by atoms with Crippen molar-refractivity contribution in [3.63, 3.8) is 0 Å². The number of ether oxygens (including phenoxy) is 1. The molecular formula is C13H18N2O4S. The minimum Gasteiger partial charge on any atom is -0.394 e. The second-order valence-corrected chi connectivity index (χ2v) is 6.15. The highest BCUT2D eigenvalue weighted by Gasteiger charge is 2.13. The van der Waals surface area contributed by atoms with Crippen molar-refractivity contribution in [1.82, 2.24) is 5.32 Å². The Kier molecular flexibility index (Phi) is 7.18. The van der Waals surface area contributed by atoms with E-state index in [0.29, 0.717) is 25.3 Å². The van der Waals surface area contributed by atoms with Gasteiger partial charge in [0.15, 0.2) is 9.84 Å². The molecule has 0 unspecified atom stereocenters. The van der Waals surface area contributed by atoms with Crippen molar-refractivity contribution >= 4 is 9.84 Å². The molecule has 0 amide bonds. The summed E-state index contributed by atoms with van der Waals surface area (Å²) in [6, 6.07) is 7.81. The van der Waals surface area contributed by atoms with Crippen LogP contribution in [0, 0.1) is 11.3 Å². The summed E-state index contributed by atoms with van der Waals surface area (Å²) in [7, 11) is -3.34. The molecule has 7 heteroatoms. The molecule has 2 N–H and O–H groups in total. The first-order chi connectivity index (χ1) is 9.60. The third-order valence-corrected chi connectivity index (χ3v) is 4.28. The minimum absolute atomic E-state index is 0.0150. The van der Waals surface area contributed by atoms with Crippen LogP contribution < -0.4 is 5.32 Å². The number of rotatable bonds is 9. The second kappa shape index (κ2) is 8.66. The third-order valence-electron chi connectivity index (χ3n) is 2.55. The van der Waals surface area contributed by atoms with Gasteiger partial charge < -0.3 is 15.2 Å². The first-order valence-corrected chi connectivity index (χ1v) is 7.87. The number of aliphatic hydroxyl groups is 1. The van der Waals surface area contributed by atoms with E-state index in [2.05, 4.69) is 5.32 Å². The summed E-state index contributed by atoms with van der Waals surface area (Å²) in [5.41, 5.74) is 0.433. The normalized spacial score (nSPS) is 11.2. The Morgan fingerprint density at radius 2 is 1.90 bits per heavy atom. The lowest BCUT2D eigenvalue weighted by Crippen LogP contribution is -2.26. The van der Waals surface area contributed by atoms with Crippen molar-refractivity contribution in [3.05, 3.63) is 29.8 Å². The molecule has 0 saturated carbocycles. The zero-order valence-electron chi connectivity index (χ0n) is 11.1. The summed E-state index contributed by atoms with van der Waals surface area (Å²) in [4.78, 5) is 0.217. The molecule has 110 valence electrons. The van der Waals surface area contributed by atoms with Crippen LogP contribution in [0.2, 0.25) is 0 Å². The van der Waals surface area contributed by atoms with E-state index >= 15 is 0 Å². The topological polar surface area (TPSA) is 99.4 Å². The molecule has 20 heavy (non-hydrogen) atoms. The molecule has 0 saturated heterocycles. The van der Waals surface area contributed by atoms with Crippen LogP contribution in [0.5, 0.6) is 0 Å². The molecule has 0 fully saturated rings. The van der Waals surface area contributed by atoms with Crippen LogP contribution in [-0.4, -0.2) is 52.2 Å². The molecule has 0 radical (unpaired) electrons. The zero-order valence-corrected chi connectivity index (χ0v) is 11.9. The van der Waals surface area contributed by atoms with Gasteiger partial charge >= 0.3 is 0 Å². The molecule has 0 aromatic heterocycles. The lowest BCUT2D eigenvalue weighted by Gasteiger charge is -2.07. The van der Waals surface area contributed by atoms with Gasteiger partial charge in [0.25, 0.3) is 0 Å². The van der Waals surface area contributed by atoms with Crippen molar-refractivity contribution in [1.29, 1.82) is 5.26 Å². The molecule has 1 aromatic carbocycles. The number of nitriles is 1. The van der Waals surface area contributed by atoms with Crippen LogP contribution in [0.4, 0.5) is 0 Å². The molecule has 0 bridgehead atoms. The quantitative estimate of drug-likeness (QED) is 0.619. The summed E-state index contributed by atoms with van der Waals surface area (Å²) in [6.07, 6.45) is 0. The van der Waals surface area contributed by atoms with Crippen molar-refractivity contribution in [3.8, 4) is 6.07 Å². The van der Waals surface area contributed by atoms with Gasteiger partial charge in [-0.15, -0.1) is 0 Å². The Balaban J connectivity index is 2.36. The SMILES string of the molecule is N#Cc1ccc(S(=O)(=O)CCNCCOCCO)cc1. The van der Waals surface area contributed by atoms with E-state index in [1.165, 1.54) is 24.3 Å². The fraction of sp³-hybridized carbons (Fsp3) is 0.462. The minimum atomic E-state index is -3.34. The van der Waals surface area contributed by atoms with Gasteiger partial charge in [-0.1, -0.05) is 0 Å². The molecule has 0 aliphatic carbocycles. The first kappa shape index (κ1) is 16.6. The standard InChI is InChI=1S/C13H18N2O4S/c14-11-12-1-3-13(4-2-12)20(17,18)10-6-15-5-8-19-9-7-16/h1-4,15-16H,5-10H2. The maximum absolute atomic E-state index is 12.0. The van der Waals surface area contributed by atoms with Crippen molar-refractivity contribution in [2.75, 3.05) is 38.7 Å². The summed E-state index contributed by atoms with van der Waals surface area (Å²) in [6.45, 7) is 1.55. The predicted octanol–water partition coefficient (Wildman–Crippen LogP) is -0.0695. The predicted molar refractivity (Wildman–Crippen MR) is 74.0 cm³/mol. The summed E-state index contributed by atoms with van der Waals surface area (Å²) >= 11 is 0. The lowest BCUT2D eigenvalue weighted by molar-refractivity contribution is 0.0942. The molecule has 6 nitrogen and oxygen atoms in total. The van der Waals surface area contributed by atoms with Crippen LogP contribution in [0.15, 0.2) is 29.2 Å². The molecule has 0 atom stereocenters. The molecular weight excluding hydrogens is 280 g/mol. The van der Waals surface area contributed by atoms with Crippen LogP contribution in [0.3, 0.4) is 0 Å². The Morgan fingerprint density at radius 3 is 2.50 bits per heavy atom. The fourth-order valence-corrected chi connectivity index (χ4v) is 2.70. The second-order valence-electron chi connectivity index (χ2n) is 4.04. The number of hydrogen-bond acceptors (Lipinski definition) is 6. The van der Waals surface area contributed by atoms with Crippen molar-refractivity contribution < 1.29 is 18.3 Å². The van der Waals surface area contributed by atoms with Gasteiger partial charge in [-0.2, -0.15) is 5.26 Å². The largest absolute Gasteiger partial charge is 0.394 e. The average molecular weight is 298 g/mol. The Labute approximate surface area is 118 Å².